The number of aromatic carboxylic acids is 1. The van der Waals surface area contributed by atoms with Crippen LogP contribution in [-0.2, 0) is 0 Å². The summed E-state index contributed by atoms with van der Waals surface area (Å²) < 4.78 is 0.489. The zero-order valence-corrected chi connectivity index (χ0v) is 13.0. The maximum absolute atomic E-state index is 12.0. The number of carboxylic acids is 1. The molecule has 2 amide bonds. The molecule has 1 aromatic rings. The number of nitrogens with zero attached hydrogens (tertiary/aromatic N) is 1. The Balaban J connectivity index is 2.00. The van der Waals surface area contributed by atoms with Crippen LogP contribution in [0, 0.1) is 11.8 Å². The number of hydrogen-bond acceptors (Lipinski definition) is 2. The van der Waals surface area contributed by atoms with Gasteiger partial charge in [-0.25, -0.2) is 9.59 Å². The highest BCUT2D eigenvalue weighted by atomic mass is 79.9. The van der Waals surface area contributed by atoms with Gasteiger partial charge in [-0.05, 0) is 52.4 Å². The van der Waals surface area contributed by atoms with E-state index >= 15 is 0 Å². The number of nitrogens with one attached hydrogen (secondary N) is 1. The molecular weight excluding hydrogens is 324 g/mol. The Kier molecular flexibility index (Phi) is 4.32. The monoisotopic (exact) mass is 340 g/mol. The van der Waals surface area contributed by atoms with Gasteiger partial charge in [-0.2, -0.15) is 0 Å². The van der Waals surface area contributed by atoms with Gasteiger partial charge in [0.1, 0.15) is 0 Å². The van der Waals surface area contributed by atoms with Crippen molar-refractivity contribution in [1.82, 2.24) is 4.90 Å². The number of rotatable bonds is 4. The van der Waals surface area contributed by atoms with Crippen molar-refractivity contribution in [3.05, 3.63) is 28.2 Å². The lowest BCUT2D eigenvalue weighted by molar-refractivity contribution is 0.0696. The van der Waals surface area contributed by atoms with Crippen LogP contribution in [-0.4, -0.2) is 35.6 Å². The lowest BCUT2D eigenvalue weighted by atomic mass is 10.2. The van der Waals surface area contributed by atoms with E-state index in [1.807, 2.05) is 0 Å². The molecule has 1 aliphatic rings. The minimum atomic E-state index is -1.03. The van der Waals surface area contributed by atoms with Crippen LogP contribution in [0.25, 0.3) is 0 Å². The number of hydrogen-bond donors (Lipinski definition) is 2. The summed E-state index contributed by atoms with van der Waals surface area (Å²) in [4.78, 5) is 24.7. The summed E-state index contributed by atoms with van der Waals surface area (Å²) in [6, 6.07) is 4.50. The molecule has 0 aliphatic heterocycles. The quantitative estimate of drug-likeness (QED) is 0.883. The van der Waals surface area contributed by atoms with Crippen LogP contribution in [0.2, 0.25) is 0 Å². The number of urea groups is 1. The van der Waals surface area contributed by atoms with Crippen LogP contribution in [0.3, 0.4) is 0 Å². The van der Waals surface area contributed by atoms with Crippen molar-refractivity contribution >= 4 is 33.6 Å². The third-order valence-corrected chi connectivity index (χ3v) is 4.27. The number of carbonyl (C=O) groups is 2. The minimum Gasteiger partial charge on any atom is -0.478 e. The van der Waals surface area contributed by atoms with Gasteiger partial charge in [0, 0.05) is 23.8 Å². The zero-order valence-electron chi connectivity index (χ0n) is 11.4. The first-order valence-corrected chi connectivity index (χ1v) is 7.22. The van der Waals surface area contributed by atoms with Gasteiger partial charge in [-0.3, -0.25) is 0 Å². The molecule has 0 aromatic heterocycles. The van der Waals surface area contributed by atoms with Crippen LogP contribution in [0.5, 0.6) is 0 Å². The van der Waals surface area contributed by atoms with Gasteiger partial charge in [0.05, 0.1) is 5.56 Å². The molecule has 2 atom stereocenters. The molecule has 20 heavy (non-hydrogen) atoms. The third kappa shape index (κ3) is 3.50. The van der Waals surface area contributed by atoms with Gasteiger partial charge in [0.15, 0.2) is 0 Å². The predicted molar refractivity (Wildman–Crippen MR) is 80.0 cm³/mol. The van der Waals surface area contributed by atoms with E-state index in [1.54, 1.807) is 24.1 Å². The molecule has 2 N–H and O–H groups in total. The molecule has 2 rings (SSSR count). The first kappa shape index (κ1) is 14.8. The fourth-order valence-electron chi connectivity index (χ4n) is 2.07. The molecule has 5 nitrogen and oxygen atoms in total. The number of benzene rings is 1. The first-order valence-electron chi connectivity index (χ1n) is 6.43. The standard InChI is InChI=1S/C14H17BrN2O3/c1-8-5-9(8)7-17(2)14(20)16-10-3-4-12(15)11(6-10)13(18)19/h3-4,6,8-9H,5,7H2,1-2H3,(H,16,20)(H,18,19). The average molecular weight is 341 g/mol. The van der Waals surface area contributed by atoms with Crippen LogP contribution < -0.4 is 5.32 Å². The SMILES string of the molecule is CC1CC1CN(C)C(=O)Nc1ccc(Br)c(C(=O)O)c1. The van der Waals surface area contributed by atoms with E-state index in [-0.39, 0.29) is 11.6 Å². The van der Waals surface area contributed by atoms with E-state index in [9.17, 15) is 9.59 Å². The minimum absolute atomic E-state index is 0.126. The Morgan fingerprint density at radius 2 is 2.15 bits per heavy atom. The van der Waals surface area contributed by atoms with Crippen LogP contribution in [0.4, 0.5) is 10.5 Å². The summed E-state index contributed by atoms with van der Waals surface area (Å²) in [5, 5.41) is 11.8. The molecule has 1 aliphatic carbocycles. The number of halogens is 1. The Labute approximate surface area is 126 Å². The van der Waals surface area contributed by atoms with Crippen LogP contribution in [0.1, 0.15) is 23.7 Å². The van der Waals surface area contributed by atoms with Crippen molar-refractivity contribution in [2.45, 2.75) is 13.3 Å². The number of anilines is 1. The Morgan fingerprint density at radius 3 is 2.70 bits per heavy atom. The summed E-state index contributed by atoms with van der Waals surface area (Å²) in [6.07, 6.45) is 1.17. The molecule has 0 radical (unpaired) electrons. The summed E-state index contributed by atoms with van der Waals surface area (Å²) in [5.41, 5.74) is 0.604. The maximum atomic E-state index is 12.0. The summed E-state index contributed by atoms with van der Waals surface area (Å²) >= 11 is 3.17. The van der Waals surface area contributed by atoms with Crippen molar-refractivity contribution in [1.29, 1.82) is 0 Å². The second kappa shape index (κ2) is 5.83. The predicted octanol–water partition coefficient (Wildman–Crippen LogP) is 3.27. The molecule has 6 heteroatoms. The Bertz CT molecular complexity index is 547. The second-order valence-corrected chi connectivity index (χ2v) is 6.14. The summed E-state index contributed by atoms with van der Waals surface area (Å²) in [7, 11) is 1.75. The zero-order chi connectivity index (χ0) is 14.9. The van der Waals surface area contributed by atoms with E-state index in [0.29, 0.717) is 22.0 Å². The van der Waals surface area contributed by atoms with Gasteiger partial charge in [-0.1, -0.05) is 6.92 Å². The van der Waals surface area contributed by atoms with Crippen LogP contribution in [0.15, 0.2) is 22.7 Å². The second-order valence-electron chi connectivity index (χ2n) is 5.28. The molecule has 1 aromatic carbocycles. The molecular formula is C14H17BrN2O3. The normalized spacial score (nSPS) is 20.4. The van der Waals surface area contributed by atoms with Crippen molar-refractivity contribution in [2.75, 3.05) is 18.9 Å². The molecule has 1 saturated carbocycles. The fourth-order valence-corrected chi connectivity index (χ4v) is 2.49. The van der Waals surface area contributed by atoms with Crippen molar-refractivity contribution in [2.24, 2.45) is 11.8 Å². The average Bonchev–Trinajstić information content (AvgIpc) is 3.06. The maximum Gasteiger partial charge on any atom is 0.336 e. The summed E-state index contributed by atoms with van der Waals surface area (Å²) in [6.45, 7) is 2.90. The van der Waals surface area contributed by atoms with E-state index in [4.69, 9.17) is 5.11 Å². The largest absolute Gasteiger partial charge is 0.478 e. The van der Waals surface area contributed by atoms with Gasteiger partial charge in [0.2, 0.25) is 0 Å². The van der Waals surface area contributed by atoms with Crippen LogP contribution >= 0.6 is 15.9 Å². The van der Waals surface area contributed by atoms with Gasteiger partial charge >= 0.3 is 12.0 Å². The van der Waals surface area contributed by atoms with Crippen molar-refractivity contribution in [3.63, 3.8) is 0 Å². The molecule has 0 heterocycles. The molecule has 1 fully saturated rings. The highest BCUT2D eigenvalue weighted by molar-refractivity contribution is 9.10. The smallest absolute Gasteiger partial charge is 0.336 e. The number of amides is 2. The van der Waals surface area contributed by atoms with E-state index in [1.165, 1.54) is 12.5 Å². The van der Waals surface area contributed by atoms with Crippen molar-refractivity contribution < 1.29 is 14.7 Å². The molecule has 0 saturated heterocycles. The van der Waals surface area contributed by atoms with Gasteiger partial charge in [-0.15, -0.1) is 0 Å². The van der Waals surface area contributed by atoms with E-state index in [0.717, 1.165) is 6.54 Å². The molecule has 2 unspecified atom stereocenters. The molecule has 0 bridgehead atoms. The lowest BCUT2D eigenvalue weighted by Crippen LogP contribution is -2.33. The van der Waals surface area contributed by atoms with Gasteiger partial charge < -0.3 is 15.3 Å². The highest BCUT2D eigenvalue weighted by Crippen LogP contribution is 2.38. The number of carboxylic acid groups (broad SMARTS) is 1. The van der Waals surface area contributed by atoms with E-state index < -0.39 is 5.97 Å². The molecule has 0 spiro atoms. The van der Waals surface area contributed by atoms with E-state index in [2.05, 4.69) is 28.2 Å². The highest BCUT2D eigenvalue weighted by Gasteiger charge is 2.34. The topological polar surface area (TPSA) is 69.6 Å². The first-order chi connectivity index (χ1) is 9.38. The van der Waals surface area contributed by atoms with Gasteiger partial charge in [0.25, 0.3) is 0 Å². The Morgan fingerprint density at radius 1 is 1.50 bits per heavy atom. The molecule has 108 valence electrons. The van der Waals surface area contributed by atoms with Crippen molar-refractivity contribution in [3.8, 4) is 0 Å². The lowest BCUT2D eigenvalue weighted by Gasteiger charge is -2.18. The fraction of sp³-hybridized carbons (Fsp3) is 0.429. The summed E-state index contributed by atoms with van der Waals surface area (Å²) in [5.74, 6) is 0.245. The number of carbonyl (C=O) groups excluding carboxylic acids is 1. The third-order valence-electron chi connectivity index (χ3n) is 3.58. The Hall–Kier alpha value is -1.56.